The molecular weight excluding hydrogens is 380 g/mol. The van der Waals surface area contributed by atoms with Crippen LogP contribution in [0.4, 0.5) is 16.2 Å². The molecule has 1 fully saturated rings. The topological polar surface area (TPSA) is 142 Å². The molecule has 1 aliphatic rings. The van der Waals surface area contributed by atoms with Crippen molar-refractivity contribution in [3.05, 3.63) is 34.4 Å². The maximum atomic E-state index is 13.1. The minimum atomic E-state index is -1.14. The van der Waals surface area contributed by atoms with E-state index in [1.807, 2.05) is 6.92 Å². The third-order valence-electron chi connectivity index (χ3n) is 5.08. The maximum Gasteiger partial charge on any atom is 0.320 e. The number of hydrogen-bond acceptors (Lipinski definition) is 5. The number of nitrogens with zero attached hydrogens (tertiary/aromatic N) is 2. The summed E-state index contributed by atoms with van der Waals surface area (Å²) in [4.78, 5) is 48.4. The molecule has 29 heavy (non-hydrogen) atoms. The van der Waals surface area contributed by atoms with Crippen molar-refractivity contribution in [1.82, 2.24) is 10.2 Å². The summed E-state index contributed by atoms with van der Waals surface area (Å²) in [5.74, 6) is -1.55. The van der Waals surface area contributed by atoms with Gasteiger partial charge in [0, 0.05) is 30.9 Å². The zero-order valence-electron chi connectivity index (χ0n) is 16.5. The fourth-order valence-corrected chi connectivity index (χ4v) is 3.48. The second kappa shape index (κ2) is 9.35. The molecule has 1 heterocycles. The molecule has 3 amide bonds. The van der Waals surface area contributed by atoms with Crippen molar-refractivity contribution in [3.8, 4) is 0 Å². The first kappa shape index (κ1) is 22.1. The van der Waals surface area contributed by atoms with E-state index >= 15 is 0 Å². The monoisotopic (exact) mass is 406 g/mol. The number of nitro groups is 1. The number of carbonyl (C=O) groups excluding carboxylic acids is 2. The van der Waals surface area contributed by atoms with Gasteiger partial charge in [-0.15, -0.1) is 0 Å². The van der Waals surface area contributed by atoms with E-state index in [1.165, 1.54) is 24.3 Å². The van der Waals surface area contributed by atoms with Crippen LogP contribution in [0.1, 0.15) is 39.5 Å². The van der Waals surface area contributed by atoms with E-state index in [0.717, 1.165) is 0 Å². The summed E-state index contributed by atoms with van der Waals surface area (Å²) in [6, 6.07) is 4.78. The number of benzene rings is 1. The van der Waals surface area contributed by atoms with Crippen LogP contribution in [0.3, 0.4) is 0 Å². The lowest BCUT2D eigenvalue weighted by molar-refractivity contribution is -0.384. The highest BCUT2D eigenvalue weighted by Crippen LogP contribution is 2.23. The first-order valence-electron chi connectivity index (χ1n) is 9.52. The number of likely N-dealkylation sites (tertiary alicyclic amines) is 1. The van der Waals surface area contributed by atoms with Gasteiger partial charge in [-0.1, -0.05) is 13.3 Å². The normalized spacial score (nSPS) is 16.6. The van der Waals surface area contributed by atoms with Gasteiger partial charge in [0.05, 0.1) is 10.8 Å². The molecule has 1 unspecified atom stereocenters. The Morgan fingerprint density at radius 1 is 1.24 bits per heavy atom. The number of aliphatic carboxylic acids is 1. The van der Waals surface area contributed by atoms with Crippen LogP contribution in [0.2, 0.25) is 0 Å². The number of rotatable bonds is 7. The number of non-ortho nitro benzene ring substituents is 1. The molecule has 10 heteroatoms. The summed E-state index contributed by atoms with van der Waals surface area (Å²) in [6.45, 7) is 4.22. The van der Waals surface area contributed by atoms with Crippen LogP contribution in [0.15, 0.2) is 24.3 Å². The van der Waals surface area contributed by atoms with E-state index in [9.17, 15) is 24.5 Å². The van der Waals surface area contributed by atoms with E-state index in [2.05, 4.69) is 10.6 Å². The Kier molecular flexibility index (Phi) is 7.13. The van der Waals surface area contributed by atoms with Crippen LogP contribution >= 0.6 is 0 Å². The Hall–Kier alpha value is -3.17. The first-order valence-corrected chi connectivity index (χ1v) is 9.52. The summed E-state index contributed by atoms with van der Waals surface area (Å²) in [6.07, 6.45) is 1.85. The lowest BCUT2D eigenvalue weighted by Gasteiger charge is -2.38. The minimum absolute atomic E-state index is 0.0910. The lowest BCUT2D eigenvalue weighted by Crippen LogP contribution is -2.59. The molecule has 3 N–H and O–H groups in total. The fraction of sp³-hybridized carbons (Fsp3) is 0.526. The number of nitrogens with one attached hydrogen (secondary N) is 2. The maximum absolute atomic E-state index is 13.1. The molecule has 0 bridgehead atoms. The van der Waals surface area contributed by atoms with Crippen LogP contribution in [-0.4, -0.2) is 51.5 Å². The summed E-state index contributed by atoms with van der Waals surface area (Å²) in [5.41, 5.74) is -0.872. The number of carboxylic acids is 1. The Labute approximate surface area is 168 Å². The molecular formula is C19H26N4O6. The zero-order chi connectivity index (χ0) is 21.6. The second-order valence-electron chi connectivity index (χ2n) is 7.37. The third-order valence-corrected chi connectivity index (χ3v) is 5.08. The van der Waals surface area contributed by atoms with Gasteiger partial charge in [-0.05, 0) is 38.3 Å². The Bertz CT molecular complexity index is 773. The first-order chi connectivity index (χ1) is 13.7. The number of carboxylic acid groups (broad SMARTS) is 1. The highest BCUT2D eigenvalue weighted by atomic mass is 16.6. The quantitative estimate of drug-likeness (QED) is 0.469. The Morgan fingerprint density at radius 2 is 1.83 bits per heavy atom. The number of carbonyl (C=O) groups is 3. The van der Waals surface area contributed by atoms with Gasteiger partial charge >= 0.3 is 12.0 Å². The highest BCUT2D eigenvalue weighted by molar-refractivity contribution is 5.96. The number of piperidine rings is 1. The van der Waals surface area contributed by atoms with Crippen molar-refractivity contribution in [2.45, 2.75) is 45.1 Å². The van der Waals surface area contributed by atoms with Crippen LogP contribution in [-0.2, 0) is 9.59 Å². The number of nitro benzene ring substituents is 1. The molecule has 0 spiro atoms. The van der Waals surface area contributed by atoms with E-state index in [1.54, 1.807) is 11.8 Å². The number of hydrogen-bond donors (Lipinski definition) is 3. The zero-order valence-corrected chi connectivity index (χ0v) is 16.5. The molecule has 0 saturated carbocycles. The van der Waals surface area contributed by atoms with Crippen molar-refractivity contribution >= 4 is 29.3 Å². The highest BCUT2D eigenvalue weighted by Gasteiger charge is 2.39. The number of amides is 3. The van der Waals surface area contributed by atoms with Crippen molar-refractivity contribution in [2.75, 3.05) is 18.4 Å². The Balaban J connectivity index is 2.02. The number of urea groups is 1. The minimum Gasteiger partial charge on any atom is -0.481 e. The van der Waals surface area contributed by atoms with E-state index in [-0.39, 0.29) is 11.6 Å². The van der Waals surface area contributed by atoms with Crippen molar-refractivity contribution < 1.29 is 24.4 Å². The average molecular weight is 406 g/mol. The van der Waals surface area contributed by atoms with Gasteiger partial charge in [-0.2, -0.15) is 0 Å². The van der Waals surface area contributed by atoms with E-state index in [4.69, 9.17) is 5.11 Å². The molecule has 0 aliphatic carbocycles. The average Bonchev–Trinajstić information content (AvgIpc) is 2.67. The van der Waals surface area contributed by atoms with Crippen molar-refractivity contribution in [3.63, 3.8) is 0 Å². The van der Waals surface area contributed by atoms with Crippen molar-refractivity contribution in [2.24, 2.45) is 5.92 Å². The van der Waals surface area contributed by atoms with E-state index < -0.39 is 28.4 Å². The van der Waals surface area contributed by atoms with Gasteiger partial charge < -0.3 is 20.6 Å². The van der Waals surface area contributed by atoms with Crippen LogP contribution < -0.4 is 10.6 Å². The van der Waals surface area contributed by atoms with Gasteiger partial charge in [0.2, 0.25) is 5.91 Å². The largest absolute Gasteiger partial charge is 0.481 e. The summed E-state index contributed by atoms with van der Waals surface area (Å²) >= 11 is 0. The number of anilines is 1. The molecule has 158 valence electrons. The Morgan fingerprint density at radius 3 is 2.31 bits per heavy atom. The van der Waals surface area contributed by atoms with Gasteiger partial charge in [-0.25, -0.2) is 4.79 Å². The van der Waals surface area contributed by atoms with Crippen molar-refractivity contribution in [1.29, 1.82) is 0 Å². The fourth-order valence-electron chi connectivity index (χ4n) is 3.48. The summed E-state index contributed by atoms with van der Waals surface area (Å²) < 4.78 is 0. The SMILES string of the molecule is CCCC(C)(NC(=O)Nc1ccc([N+](=O)[O-])cc1)C(=O)N1CCC(C(=O)O)CC1. The lowest BCUT2D eigenvalue weighted by atomic mass is 9.91. The third kappa shape index (κ3) is 5.66. The predicted molar refractivity (Wildman–Crippen MR) is 106 cm³/mol. The van der Waals surface area contributed by atoms with Gasteiger partial charge in [-0.3, -0.25) is 19.7 Å². The molecule has 1 aromatic rings. The van der Waals surface area contributed by atoms with Gasteiger partial charge in [0.25, 0.3) is 5.69 Å². The molecule has 0 aromatic heterocycles. The molecule has 0 radical (unpaired) electrons. The van der Waals surface area contributed by atoms with Gasteiger partial charge in [0.1, 0.15) is 5.54 Å². The molecule has 1 aromatic carbocycles. The molecule has 2 rings (SSSR count). The van der Waals surface area contributed by atoms with E-state index in [0.29, 0.717) is 44.5 Å². The molecule has 1 saturated heterocycles. The van der Waals surface area contributed by atoms with Crippen LogP contribution in [0.25, 0.3) is 0 Å². The summed E-state index contributed by atoms with van der Waals surface area (Å²) in [5, 5.41) is 25.1. The van der Waals surface area contributed by atoms with Gasteiger partial charge in [0.15, 0.2) is 0 Å². The standard InChI is InChI=1S/C19H26N4O6/c1-3-10-19(2,17(26)22-11-8-13(9-12-22)16(24)25)21-18(27)20-14-4-6-15(7-5-14)23(28)29/h4-7,13H,3,8-12H2,1-2H3,(H,24,25)(H2,20,21,27). The molecule has 1 atom stereocenters. The molecule has 1 aliphatic heterocycles. The second-order valence-corrected chi connectivity index (χ2v) is 7.37. The van der Waals surface area contributed by atoms with Crippen LogP contribution in [0.5, 0.6) is 0 Å². The molecule has 10 nitrogen and oxygen atoms in total. The predicted octanol–water partition coefficient (Wildman–Crippen LogP) is 2.60. The van der Waals surface area contributed by atoms with Crippen LogP contribution in [0, 0.1) is 16.0 Å². The summed E-state index contributed by atoms with van der Waals surface area (Å²) in [7, 11) is 0. The smallest absolute Gasteiger partial charge is 0.320 e.